The molecule has 1 aromatic heterocycles. The van der Waals surface area contributed by atoms with Crippen LogP contribution in [0.15, 0.2) is 53.9 Å². The van der Waals surface area contributed by atoms with Gasteiger partial charge in [-0.25, -0.2) is 4.98 Å². The Hall–Kier alpha value is -3.26. The number of aryl methyl sites for hydroxylation is 1. The Bertz CT molecular complexity index is 936. The van der Waals surface area contributed by atoms with Crippen molar-refractivity contribution in [2.75, 3.05) is 18.4 Å². The highest BCUT2D eigenvalue weighted by molar-refractivity contribution is 7.13. The normalized spacial score (nSPS) is 10.4. The Balaban J connectivity index is 1.48. The number of nitrogens with zero attached hydrogens (tertiary/aromatic N) is 2. The van der Waals surface area contributed by atoms with Crippen molar-refractivity contribution in [2.24, 2.45) is 0 Å². The van der Waals surface area contributed by atoms with Crippen molar-refractivity contribution in [1.82, 2.24) is 10.3 Å². The third-order valence-electron chi connectivity index (χ3n) is 3.85. The number of hydrogen-bond donors (Lipinski definition) is 2. The average Bonchev–Trinajstić information content (AvgIpc) is 3.16. The maximum Gasteiger partial charge on any atom is 0.270 e. The molecule has 0 spiro atoms. The molecule has 2 aromatic carbocycles. The molecular formula is C19H18N4O3S. The number of amides is 1. The van der Waals surface area contributed by atoms with Crippen molar-refractivity contribution < 1.29 is 9.72 Å². The van der Waals surface area contributed by atoms with Gasteiger partial charge < -0.3 is 10.6 Å². The molecule has 0 aliphatic carbocycles. The van der Waals surface area contributed by atoms with Gasteiger partial charge >= 0.3 is 0 Å². The number of anilines is 1. The van der Waals surface area contributed by atoms with Crippen LogP contribution in [0.1, 0.15) is 16.1 Å². The summed E-state index contributed by atoms with van der Waals surface area (Å²) in [6.45, 7) is 2.93. The van der Waals surface area contributed by atoms with Gasteiger partial charge in [0, 0.05) is 41.9 Å². The molecule has 1 heterocycles. The standard InChI is InChI=1S/C19H18N4O3S/c1-13-2-4-14(5-3-13)19-22-17(12-27-19)18(24)21-11-10-20-15-6-8-16(9-7-15)23(25)26/h2-9,12,20H,10-11H2,1H3,(H,21,24). The van der Waals surface area contributed by atoms with Crippen LogP contribution in [0.3, 0.4) is 0 Å². The molecule has 3 rings (SSSR count). The fourth-order valence-electron chi connectivity index (χ4n) is 2.38. The highest BCUT2D eigenvalue weighted by Gasteiger charge is 2.11. The Labute approximate surface area is 160 Å². The minimum Gasteiger partial charge on any atom is -0.383 e. The number of nitrogens with one attached hydrogen (secondary N) is 2. The summed E-state index contributed by atoms with van der Waals surface area (Å²) in [5.41, 5.74) is 3.36. The van der Waals surface area contributed by atoms with Crippen LogP contribution < -0.4 is 10.6 Å². The second-order valence-electron chi connectivity index (χ2n) is 5.89. The molecule has 0 saturated heterocycles. The van der Waals surface area contributed by atoms with Crippen LogP contribution in [0.25, 0.3) is 10.6 Å². The summed E-state index contributed by atoms with van der Waals surface area (Å²) in [6, 6.07) is 14.1. The molecule has 1 amide bonds. The zero-order chi connectivity index (χ0) is 19.2. The fourth-order valence-corrected chi connectivity index (χ4v) is 3.19. The van der Waals surface area contributed by atoms with Crippen LogP contribution >= 0.6 is 11.3 Å². The molecular weight excluding hydrogens is 364 g/mol. The van der Waals surface area contributed by atoms with Crippen LogP contribution in [-0.4, -0.2) is 28.9 Å². The number of carbonyl (C=O) groups is 1. The van der Waals surface area contributed by atoms with Crippen LogP contribution in [0, 0.1) is 17.0 Å². The summed E-state index contributed by atoms with van der Waals surface area (Å²) in [4.78, 5) is 26.8. The average molecular weight is 382 g/mol. The first-order valence-electron chi connectivity index (χ1n) is 8.32. The van der Waals surface area contributed by atoms with E-state index >= 15 is 0 Å². The Morgan fingerprint density at radius 1 is 1.11 bits per heavy atom. The maximum absolute atomic E-state index is 12.2. The number of non-ortho nitro benzene ring substituents is 1. The Morgan fingerprint density at radius 3 is 2.48 bits per heavy atom. The molecule has 3 aromatic rings. The summed E-state index contributed by atoms with van der Waals surface area (Å²) >= 11 is 1.43. The number of aromatic nitrogens is 1. The molecule has 2 N–H and O–H groups in total. The molecule has 0 atom stereocenters. The van der Waals surface area contributed by atoms with E-state index in [0.717, 1.165) is 16.3 Å². The smallest absolute Gasteiger partial charge is 0.270 e. The Kier molecular flexibility index (Phi) is 5.77. The van der Waals surface area contributed by atoms with Gasteiger partial charge in [0.1, 0.15) is 10.7 Å². The summed E-state index contributed by atoms with van der Waals surface area (Å²) in [6.07, 6.45) is 0. The number of rotatable bonds is 7. The third-order valence-corrected chi connectivity index (χ3v) is 4.74. The van der Waals surface area contributed by atoms with Gasteiger partial charge in [-0.2, -0.15) is 0 Å². The quantitative estimate of drug-likeness (QED) is 0.367. The lowest BCUT2D eigenvalue weighted by Gasteiger charge is -2.07. The summed E-state index contributed by atoms with van der Waals surface area (Å²) < 4.78 is 0. The van der Waals surface area contributed by atoms with E-state index in [1.807, 2.05) is 31.2 Å². The second kappa shape index (κ2) is 8.41. The molecule has 27 heavy (non-hydrogen) atoms. The van der Waals surface area contributed by atoms with Crippen LogP contribution in [0.5, 0.6) is 0 Å². The number of carbonyl (C=O) groups excluding carboxylic acids is 1. The number of nitro benzene ring substituents is 1. The summed E-state index contributed by atoms with van der Waals surface area (Å²) in [5, 5.41) is 19.1. The van der Waals surface area contributed by atoms with Gasteiger partial charge in [-0.15, -0.1) is 11.3 Å². The van der Waals surface area contributed by atoms with Crippen molar-refractivity contribution in [3.05, 3.63) is 75.3 Å². The van der Waals surface area contributed by atoms with Crippen molar-refractivity contribution in [2.45, 2.75) is 6.92 Å². The van der Waals surface area contributed by atoms with Crippen LogP contribution in [-0.2, 0) is 0 Å². The lowest BCUT2D eigenvalue weighted by molar-refractivity contribution is -0.384. The molecule has 0 radical (unpaired) electrons. The van der Waals surface area contributed by atoms with Gasteiger partial charge in [-0.1, -0.05) is 29.8 Å². The molecule has 0 fully saturated rings. The van der Waals surface area contributed by atoms with E-state index in [9.17, 15) is 14.9 Å². The van der Waals surface area contributed by atoms with E-state index in [4.69, 9.17) is 0 Å². The van der Waals surface area contributed by atoms with Crippen molar-refractivity contribution in [1.29, 1.82) is 0 Å². The minimum atomic E-state index is -0.442. The first-order valence-corrected chi connectivity index (χ1v) is 9.20. The molecule has 0 saturated carbocycles. The third kappa shape index (κ3) is 4.89. The predicted molar refractivity (Wildman–Crippen MR) is 106 cm³/mol. The van der Waals surface area contributed by atoms with Gasteiger partial charge in [0.2, 0.25) is 0 Å². The van der Waals surface area contributed by atoms with E-state index in [1.165, 1.54) is 29.0 Å². The lowest BCUT2D eigenvalue weighted by atomic mass is 10.2. The van der Waals surface area contributed by atoms with Crippen LogP contribution in [0.2, 0.25) is 0 Å². The number of nitro groups is 1. The monoisotopic (exact) mass is 382 g/mol. The van der Waals surface area contributed by atoms with Crippen molar-refractivity contribution in [3.8, 4) is 10.6 Å². The first-order chi connectivity index (χ1) is 13.0. The van der Waals surface area contributed by atoms with E-state index in [-0.39, 0.29) is 11.6 Å². The molecule has 7 nitrogen and oxygen atoms in total. The van der Waals surface area contributed by atoms with E-state index in [0.29, 0.717) is 18.8 Å². The van der Waals surface area contributed by atoms with Gasteiger partial charge in [0.15, 0.2) is 0 Å². The first kappa shape index (κ1) is 18.5. The number of thiazole rings is 1. The molecule has 0 unspecified atom stereocenters. The number of hydrogen-bond acceptors (Lipinski definition) is 6. The van der Waals surface area contributed by atoms with E-state index in [2.05, 4.69) is 15.6 Å². The van der Waals surface area contributed by atoms with Gasteiger partial charge in [0.05, 0.1) is 4.92 Å². The molecule has 0 aliphatic heterocycles. The topological polar surface area (TPSA) is 97.2 Å². The highest BCUT2D eigenvalue weighted by atomic mass is 32.1. The van der Waals surface area contributed by atoms with Crippen LogP contribution in [0.4, 0.5) is 11.4 Å². The SMILES string of the molecule is Cc1ccc(-c2nc(C(=O)NCCNc3ccc([N+](=O)[O-])cc3)cs2)cc1. The minimum absolute atomic E-state index is 0.0433. The zero-order valence-electron chi connectivity index (χ0n) is 14.6. The van der Waals surface area contributed by atoms with E-state index in [1.54, 1.807) is 17.5 Å². The van der Waals surface area contributed by atoms with Crippen molar-refractivity contribution in [3.63, 3.8) is 0 Å². The number of benzene rings is 2. The summed E-state index contributed by atoms with van der Waals surface area (Å²) in [7, 11) is 0. The zero-order valence-corrected chi connectivity index (χ0v) is 15.5. The largest absolute Gasteiger partial charge is 0.383 e. The molecule has 0 aliphatic rings. The highest BCUT2D eigenvalue weighted by Crippen LogP contribution is 2.24. The predicted octanol–water partition coefficient (Wildman–Crippen LogP) is 3.87. The summed E-state index contributed by atoms with van der Waals surface area (Å²) in [5.74, 6) is -0.227. The van der Waals surface area contributed by atoms with Gasteiger partial charge in [0.25, 0.3) is 11.6 Å². The van der Waals surface area contributed by atoms with E-state index < -0.39 is 4.92 Å². The molecule has 138 valence electrons. The fraction of sp³-hybridized carbons (Fsp3) is 0.158. The Morgan fingerprint density at radius 2 is 1.81 bits per heavy atom. The maximum atomic E-state index is 12.2. The van der Waals surface area contributed by atoms with Gasteiger partial charge in [-0.05, 0) is 19.1 Å². The lowest BCUT2D eigenvalue weighted by Crippen LogP contribution is -2.28. The second-order valence-corrected chi connectivity index (χ2v) is 6.75. The molecule has 8 heteroatoms. The van der Waals surface area contributed by atoms with Crippen molar-refractivity contribution >= 4 is 28.6 Å². The van der Waals surface area contributed by atoms with Gasteiger partial charge in [-0.3, -0.25) is 14.9 Å². The molecule has 0 bridgehead atoms.